The topological polar surface area (TPSA) is 79.5 Å². The zero-order valence-corrected chi connectivity index (χ0v) is 14.1. The van der Waals surface area contributed by atoms with Crippen molar-refractivity contribution >= 4 is 12.0 Å². The van der Waals surface area contributed by atoms with E-state index in [1.54, 1.807) is 0 Å². The summed E-state index contributed by atoms with van der Waals surface area (Å²) in [5.74, 6) is 0.0123. The number of ether oxygens (including phenoxy) is 2. The van der Waals surface area contributed by atoms with Crippen molar-refractivity contribution in [1.82, 2.24) is 9.13 Å². The first kappa shape index (κ1) is 18.9. The highest BCUT2D eigenvalue weighted by Crippen LogP contribution is 1.98. The molecule has 0 aliphatic heterocycles. The molecular weight excluding hydrogens is 300 g/mol. The van der Waals surface area contributed by atoms with Gasteiger partial charge in [-0.05, 0) is 18.4 Å². The lowest BCUT2D eigenvalue weighted by atomic mass is 10.1. The van der Waals surface area contributed by atoms with Gasteiger partial charge in [0.1, 0.15) is 6.61 Å². The third-order valence-electron chi connectivity index (χ3n) is 3.18. The van der Waals surface area contributed by atoms with Gasteiger partial charge in [-0.1, -0.05) is 13.8 Å². The Morgan fingerprint density at radius 2 is 1.91 bits per heavy atom. The van der Waals surface area contributed by atoms with Crippen molar-refractivity contribution in [3.63, 3.8) is 0 Å². The summed E-state index contributed by atoms with van der Waals surface area (Å²) in [5.41, 5.74) is -0.651. The molecule has 0 N–H and O–H groups in total. The summed E-state index contributed by atoms with van der Waals surface area (Å²) in [6.07, 6.45) is 4.84. The molecule has 0 aromatic carbocycles. The minimum atomic E-state index is -0.562. The third kappa shape index (κ3) is 6.23. The Balaban J connectivity index is 2.48. The van der Waals surface area contributed by atoms with Gasteiger partial charge in [0, 0.05) is 33.0 Å². The molecule has 0 amide bonds. The van der Waals surface area contributed by atoms with E-state index in [4.69, 9.17) is 9.47 Å². The van der Waals surface area contributed by atoms with Gasteiger partial charge in [-0.2, -0.15) is 0 Å². The van der Waals surface area contributed by atoms with E-state index in [1.165, 1.54) is 30.9 Å². The maximum atomic E-state index is 11.9. The normalized spacial score (nSPS) is 11.3. The van der Waals surface area contributed by atoms with E-state index in [0.717, 1.165) is 17.1 Å². The molecule has 0 bridgehead atoms. The van der Waals surface area contributed by atoms with Gasteiger partial charge in [-0.3, -0.25) is 9.36 Å². The summed E-state index contributed by atoms with van der Waals surface area (Å²) in [6, 6.07) is 0. The molecule has 0 fully saturated rings. The molecule has 0 spiro atoms. The molecule has 1 aromatic rings. The van der Waals surface area contributed by atoms with Gasteiger partial charge < -0.3 is 14.0 Å². The van der Waals surface area contributed by atoms with Crippen molar-refractivity contribution in [3.05, 3.63) is 38.7 Å². The first-order valence-corrected chi connectivity index (χ1v) is 7.52. The lowest BCUT2D eigenvalue weighted by Gasteiger charge is -2.06. The summed E-state index contributed by atoms with van der Waals surface area (Å²) < 4.78 is 12.5. The quantitative estimate of drug-likeness (QED) is 0.400. The molecule has 0 aliphatic rings. The van der Waals surface area contributed by atoms with Crippen LogP contribution in [0.1, 0.15) is 25.8 Å². The van der Waals surface area contributed by atoms with Crippen LogP contribution >= 0.6 is 0 Å². The van der Waals surface area contributed by atoms with Crippen molar-refractivity contribution in [2.75, 3.05) is 19.8 Å². The van der Waals surface area contributed by atoms with E-state index in [-0.39, 0.29) is 12.2 Å². The van der Waals surface area contributed by atoms with Crippen LogP contribution in [0.2, 0.25) is 0 Å². The third-order valence-corrected chi connectivity index (χ3v) is 3.18. The molecular formula is C16H24N2O5. The fraction of sp³-hybridized carbons (Fsp3) is 0.562. The maximum absolute atomic E-state index is 11.9. The van der Waals surface area contributed by atoms with Crippen LogP contribution in [0.3, 0.4) is 0 Å². The average Bonchev–Trinajstić information content (AvgIpc) is 2.50. The Morgan fingerprint density at radius 1 is 1.22 bits per heavy atom. The second-order valence-electron chi connectivity index (χ2n) is 5.64. The summed E-state index contributed by atoms with van der Waals surface area (Å²) in [7, 11) is 2.92. The van der Waals surface area contributed by atoms with Crippen LogP contribution in [0.25, 0.3) is 6.08 Å². The van der Waals surface area contributed by atoms with Gasteiger partial charge >= 0.3 is 11.7 Å². The first-order valence-electron chi connectivity index (χ1n) is 7.52. The number of carbonyl (C=O) groups is 1. The van der Waals surface area contributed by atoms with E-state index < -0.39 is 17.2 Å². The van der Waals surface area contributed by atoms with Gasteiger partial charge in [0.15, 0.2) is 0 Å². The largest absolute Gasteiger partial charge is 0.460 e. The Morgan fingerprint density at radius 3 is 2.57 bits per heavy atom. The number of rotatable bonds is 8. The lowest BCUT2D eigenvalue weighted by molar-refractivity contribution is -0.139. The molecule has 0 radical (unpaired) electrons. The van der Waals surface area contributed by atoms with Crippen LogP contribution in [0, 0.1) is 5.92 Å². The van der Waals surface area contributed by atoms with Crippen molar-refractivity contribution in [2.45, 2.75) is 20.3 Å². The highest BCUT2D eigenvalue weighted by Gasteiger charge is 2.05. The van der Waals surface area contributed by atoms with Crippen LogP contribution in [0.4, 0.5) is 0 Å². The minimum Gasteiger partial charge on any atom is -0.460 e. The predicted molar refractivity (Wildman–Crippen MR) is 87.2 cm³/mol. The standard InChI is InChI=1S/C16H24N2O5/c1-12(2)7-8-22-9-10-23-14(19)6-5-13-11-17(3)16(21)18(4)15(13)20/h5-6,11-12H,7-10H2,1-4H3/b6-5+. The average molecular weight is 324 g/mol. The van der Waals surface area contributed by atoms with Gasteiger partial charge in [0.2, 0.25) is 0 Å². The second-order valence-corrected chi connectivity index (χ2v) is 5.64. The Bertz CT molecular complexity index is 670. The summed E-state index contributed by atoms with van der Waals surface area (Å²) >= 11 is 0. The lowest BCUT2D eigenvalue weighted by Crippen LogP contribution is -2.37. The number of aryl methyl sites for hydroxylation is 1. The van der Waals surface area contributed by atoms with Crippen LogP contribution in [-0.4, -0.2) is 34.9 Å². The number of nitrogens with zero attached hydrogens (tertiary/aromatic N) is 2. The summed E-state index contributed by atoms with van der Waals surface area (Å²) in [6.45, 7) is 5.36. The Labute approximate surface area is 135 Å². The van der Waals surface area contributed by atoms with E-state index in [9.17, 15) is 14.4 Å². The Kier molecular flexibility index (Phi) is 7.47. The smallest absolute Gasteiger partial charge is 0.330 e. The molecule has 128 valence electrons. The molecule has 1 aromatic heterocycles. The summed E-state index contributed by atoms with van der Waals surface area (Å²) in [5, 5.41) is 0. The predicted octanol–water partition coefficient (Wildman–Crippen LogP) is 0.703. The summed E-state index contributed by atoms with van der Waals surface area (Å²) in [4.78, 5) is 35.0. The van der Waals surface area contributed by atoms with E-state index in [2.05, 4.69) is 13.8 Å². The van der Waals surface area contributed by atoms with Gasteiger partial charge in [-0.15, -0.1) is 0 Å². The molecule has 0 atom stereocenters. The Hall–Kier alpha value is -2.15. The molecule has 7 nitrogen and oxygen atoms in total. The molecule has 0 saturated carbocycles. The minimum absolute atomic E-state index is 0.159. The zero-order chi connectivity index (χ0) is 17.4. The number of hydrogen-bond acceptors (Lipinski definition) is 5. The van der Waals surface area contributed by atoms with Crippen molar-refractivity contribution in [2.24, 2.45) is 20.0 Å². The molecule has 7 heteroatoms. The number of aromatic nitrogens is 2. The van der Waals surface area contributed by atoms with Crippen molar-refractivity contribution in [1.29, 1.82) is 0 Å². The van der Waals surface area contributed by atoms with Gasteiger partial charge in [0.25, 0.3) is 5.56 Å². The first-order chi connectivity index (χ1) is 10.8. The van der Waals surface area contributed by atoms with Gasteiger partial charge in [0.05, 0.1) is 12.2 Å². The van der Waals surface area contributed by atoms with Crippen LogP contribution in [-0.2, 0) is 28.4 Å². The molecule has 0 aliphatic carbocycles. The van der Waals surface area contributed by atoms with Gasteiger partial charge in [-0.25, -0.2) is 9.59 Å². The van der Waals surface area contributed by atoms with Crippen LogP contribution in [0.15, 0.2) is 21.9 Å². The van der Waals surface area contributed by atoms with E-state index in [1.807, 2.05) is 0 Å². The molecule has 1 heterocycles. The monoisotopic (exact) mass is 324 g/mol. The number of carbonyl (C=O) groups excluding carboxylic acids is 1. The molecule has 23 heavy (non-hydrogen) atoms. The van der Waals surface area contributed by atoms with Crippen LogP contribution in [0.5, 0.6) is 0 Å². The number of hydrogen-bond donors (Lipinski definition) is 0. The SMILES string of the molecule is CC(C)CCOCCOC(=O)/C=C/c1cn(C)c(=O)n(C)c1=O. The van der Waals surface area contributed by atoms with E-state index in [0.29, 0.717) is 19.1 Å². The zero-order valence-electron chi connectivity index (χ0n) is 14.1. The highest BCUT2D eigenvalue weighted by molar-refractivity contribution is 5.86. The van der Waals surface area contributed by atoms with E-state index >= 15 is 0 Å². The van der Waals surface area contributed by atoms with Crippen molar-refractivity contribution < 1.29 is 14.3 Å². The molecule has 1 rings (SSSR count). The number of esters is 1. The van der Waals surface area contributed by atoms with Crippen molar-refractivity contribution in [3.8, 4) is 0 Å². The van der Waals surface area contributed by atoms with Crippen LogP contribution < -0.4 is 11.2 Å². The fourth-order valence-electron chi connectivity index (χ4n) is 1.78. The molecule has 0 unspecified atom stereocenters. The maximum Gasteiger partial charge on any atom is 0.330 e. The second kappa shape index (κ2) is 9.09. The highest BCUT2D eigenvalue weighted by atomic mass is 16.6. The molecule has 0 saturated heterocycles. The fourth-order valence-corrected chi connectivity index (χ4v) is 1.78.